The Labute approximate surface area is 118 Å². The number of hydrogen-bond acceptors (Lipinski definition) is 3. The first-order chi connectivity index (χ1) is 9.49. The molecule has 2 amide bonds. The third kappa shape index (κ3) is 6.17. The number of amides is 2. The van der Waals surface area contributed by atoms with Crippen LogP contribution in [0.4, 0.5) is 4.79 Å². The van der Waals surface area contributed by atoms with Crippen molar-refractivity contribution in [2.24, 2.45) is 5.92 Å². The van der Waals surface area contributed by atoms with Crippen molar-refractivity contribution in [1.82, 2.24) is 15.6 Å². The van der Waals surface area contributed by atoms with Gasteiger partial charge in [-0.05, 0) is 36.5 Å². The van der Waals surface area contributed by atoms with Crippen LogP contribution in [0.1, 0.15) is 25.8 Å². The Morgan fingerprint density at radius 2 is 1.95 bits per heavy atom. The van der Waals surface area contributed by atoms with Crippen molar-refractivity contribution in [3.8, 4) is 0 Å². The number of carboxylic acids is 1. The van der Waals surface area contributed by atoms with Gasteiger partial charge in [0.2, 0.25) is 0 Å². The molecule has 1 aromatic rings. The first-order valence-electron chi connectivity index (χ1n) is 6.65. The lowest BCUT2D eigenvalue weighted by Crippen LogP contribution is -2.47. The summed E-state index contributed by atoms with van der Waals surface area (Å²) in [6, 6.07) is 2.44. The van der Waals surface area contributed by atoms with Gasteiger partial charge in [-0.15, -0.1) is 0 Å². The van der Waals surface area contributed by atoms with E-state index in [0.29, 0.717) is 19.4 Å². The number of carbonyl (C=O) groups excluding carboxylic acids is 1. The van der Waals surface area contributed by atoms with E-state index in [4.69, 9.17) is 5.11 Å². The molecule has 1 atom stereocenters. The Hall–Kier alpha value is -2.11. The molecule has 0 fully saturated rings. The summed E-state index contributed by atoms with van der Waals surface area (Å²) in [6.07, 6.45) is 4.47. The maximum atomic E-state index is 11.6. The van der Waals surface area contributed by atoms with E-state index >= 15 is 0 Å². The van der Waals surface area contributed by atoms with Crippen molar-refractivity contribution in [3.05, 3.63) is 30.1 Å². The molecule has 1 rings (SSSR count). The molecule has 0 aliphatic carbocycles. The van der Waals surface area contributed by atoms with Gasteiger partial charge in [0.15, 0.2) is 0 Å². The lowest BCUT2D eigenvalue weighted by Gasteiger charge is -2.16. The molecule has 0 spiro atoms. The van der Waals surface area contributed by atoms with Crippen LogP contribution >= 0.6 is 0 Å². The van der Waals surface area contributed by atoms with Crippen molar-refractivity contribution >= 4 is 12.0 Å². The Bertz CT molecular complexity index is 435. The first-order valence-corrected chi connectivity index (χ1v) is 6.65. The lowest BCUT2D eigenvalue weighted by atomic mass is 10.0. The van der Waals surface area contributed by atoms with Crippen molar-refractivity contribution in [3.63, 3.8) is 0 Å². The minimum atomic E-state index is -1.01. The predicted molar refractivity (Wildman–Crippen MR) is 75.4 cm³/mol. The van der Waals surface area contributed by atoms with Crippen molar-refractivity contribution in [1.29, 1.82) is 0 Å². The number of hydrogen-bond donors (Lipinski definition) is 3. The Balaban J connectivity index is 2.33. The second kappa shape index (κ2) is 8.14. The number of rotatable bonds is 7. The maximum absolute atomic E-state index is 11.6. The third-order valence-electron chi connectivity index (χ3n) is 2.76. The van der Waals surface area contributed by atoms with Gasteiger partial charge in [-0.1, -0.05) is 13.8 Å². The minimum absolute atomic E-state index is 0.202. The van der Waals surface area contributed by atoms with E-state index < -0.39 is 18.0 Å². The van der Waals surface area contributed by atoms with Gasteiger partial charge in [0.05, 0.1) is 0 Å². The van der Waals surface area contributed by atoms with E-state index in [1.807, 2.05) is 26.0 Å². The highest BCUT2D eigenvalue weighted by molar-refractivity contribution is 5.82. The molecule has 1 aromatic heterocycles. The summed E-state index contributed by atoms with van der Waals surface area (Å²) in [7, 11) is 0. The predicted octanol–water partition coefficient (Wildman–Crippen LogP) is 1.42. The first kappa shape index (κ1) is 15.9. The second-order valence-corrected chi connectivity index (χ2v) is 5.03. The smallest absolute Gasteiger partial charge is 0.326 e. The van der Waals surface area contributed by atoms with E-state index in [2.05, 4.69) is 15.6 Å². The fourth-order valence-corrected chi connectivity index (χ4v) is 1.77. The molecule has 6 nitrogen and oxygen atoms in total. The van der Waals surface area contributed by atoms with Crippen LogP contribution in [-0.2, 0) is 11.2 Å². The lowest BCUT2D eigenvalue weighted by molar-refractivity contribution is -0.139. The zero-order valence-corrected chi connectivity index (χ0v) is 11.8. The van der Waals surface area contributed by atoms with Gasteiger partial charge in [0.25, 0.3) is 0 Å². The van der Waals surface area contributed by atoms with Crippen LogP contribution in [0.25, 0.3) is 0 Å². The van der Waals surface area contributed by atoms with Gasteiger partial charge in [-0.25, -0.2) is 9.59 Å². The molecule has 0 saturated heterocycles. The summed E-state index contributed by atoms with van der Waals surface area (Å²) < 4.78 is 0. The van der Waals surface area contributed by atoms with Crippen molar-refractivity contribution in [2.45, 2.75) is 32.7 Å². The highest BCUT2D eigenvalue weighted by Gasteiger charge is 2.20. The molecule has 3 N–H and O–H groups in total. The molecular weight excluding hydrogens is 258 g/mol. The summed E-state index contributed by atoms with van der Waals surface area (Å²) in [4.78, 5) is 26.6. The SMILES string of the molecule is CC(C)C[C@@H](NC(=O)NCCc1ccncc1)C(=O)O. The highest BCUT2D eigenvalue weighted by Crippen LogP contribution is 2.04. The molecule has 0 aromatic carbocycles. The third-order valence-corrected chi connectivity index (χ3v) is 2.76. The summed E-state index contributed by atoms with van der Waals surface area (Å²) in [5.74, 6) is -0.809. The Kier molecular flexibility index (Phi) is 6.49. The average molecular weight is 279 g/mol. The molecule has 1 heterocycles. The maximum Gasteiger partial charge on any atom is 0.326 e. The van der Waals surface area contributed by atoms with Gasteiger partial charge < -0.3 is 15.7 Å². The topological polar surface area (TPSA) is 91.3 Å². The van der Waals surface area contributed by atoms with E-state index in [-0.39, 0.29) is 5.92 Å². The van der Waals surface area contributed by atoms with Crippen molar-refractivity contribution < 1.29 is 14.7 Å². The normalized spacial score (nSPS) is 11.9. The van der Waals surface area contributed by atoms with Gasteiger partial charge in [-0.3, -0.25) is 4.98 Å². The standard InChI is InChI=1S/C14H21N3O3/c1-10(2)9-12(13(18)19)17-14(20)16-8-5-11-3-6-15-7-4-11/h3-4,6-7,10,12H,5,8-9H2,1-2H3,(H,18,19)(H2,16,17,20)/t12-/m1/s1. The number of pyridine rings is 1. The molecule has 0 unspecified atom stereocenters. The quantitative estimate of drug-likeness (QED) is 0.704. The number of carbonyl (C=O) groups is 2. The fourth-order valence-electron chi connectivity index (χ4n) is 1.77. The Morgan fingerprint density at radius 3 is 2.50 bits per heavy atom. The molecular formula is C14H21N3O3. The summed E-state index contributed by atoms with van der Waals surface area (Å²) in [6.45, 7) is 4.28. The van der Waals surface area contributed by atoms with Gasteiger partial charge >= 0.3 is 12.0 Å². The van der Waals surface area contributed by atoms with Crippen LogP contribution in [0.3, 0.4) is 0 Å². The van der Waals surface area contributed by atoms with E-state index in [9.17, 15) is 9.59 Å². The summed E-state index contributed by atoms with van der Waals surface area (Å²) in [5, 5.41) is 14.2. The largest absolute Gasteiger partial charge is 0.480 e. The molecule has 20 heavy (non-hydrogen) atoms. The monoisotopic (exact) mass is 279 g/mol. The molecule has 0 aliphatic rings. The van der Waals surface area contributed by atoms with Crippen LogP contribution in [0.15, 0.2) is 24.5 Å². The van der Waals surface area contributed by atoms with Crippen LogP contribution in [0, 0.1) is 5.92 Å². The highest BCUT2D eigenvalue weighted by atomic mass is 16.4. The molecule has 0 aliphatic heterocycles. The Morgan fingerprint density at radius 1 is 1.30 bits per heavy atom. The number of carboxylic acid groups (broad SMARTS) is 1. The summed E-state index contributed by atoms with van der Waals surface area (Å²) >= 11 is 0. The molecule has 110 valence electrons. The number of urea groups is 1. The summed E-state index contributed by atoms with van der Waals surface area (Å²) in [5.41, 5.74) is 1.07. The van der Waals surface area contributed by atoms with Gasteiger partial charge in [0, 0.05) is 18.9 Å². The van der Waals surface area contributed by atoms with E-state index in [1.165, 1.54) is 0 Å². The van der Waals surface area contributed by atoms with E-state index in [0.717, 1.165) is 5.56 Å². The zero-order valence-electron chi connectivity index (χ0n) is 11.8. The number of aromatic nitrogens is 1. The van der Waals surface area contributed by atoms with Crippen LogP contribution in [0.5, 0.6) is 0 Å². The number of aliphatic carboxylic acids is 1. The van der Waals surface area contributed by atoms with Crippen molar-refractivity contribution in [2.75, 3.05) is 6.54 Å². The molecule has 0 saturated carbocycles. The molecule has 0 bridgehead atoms. The zero-order chi connectivity index (χ0) is 15.0. The minimum Gasteiger partial charge on any atom is -0.480 e. The molecule has 0 radical (unpaired) electrons. The van der Waals surface area contributed by atoms with E-state index in [1.54, 1.807) is 12.4 Å². The van der Waals surface area contributed by atoms with Gasteiger partial charge in [0.1, 0.15) is 6.04 Å². The number of nitrogens with one attached hydrogen (secondary N) is 2. The van der Waals surface area contributed by atoms with Crippen LogP contribution in [0.2, 0.25) is 0 Å². The molecule has 6 heteroatoms. The van der Waals surface area contributed by atoms with Crippen LogP contribution in [-0.4, -0.2) is 34.7 Å². The number of nitrogens with zero attached hydrogens (tertiary/aromatic N) is 1. The average Bonchev–Trinajstić information content (AvgIpc) is 2.38. The second-order valence-electron chi connectivity index (χ2n) is 5.03. The van der Waals surface area contributed by atoms with Crippen LogP contribution < -0.4 is 10.6 Å². The fraction of sp³-hybridized carbons (Fsp3) is 0.500. The van der Waals surface area contributed by atoms with Gasteiger partial charge in [-0.2, -0.15) is 0 Å².